The summed E-state index contributed by atoms with van der Waals surface area (Å²) in [5, 5.41) is 7.83. The van der Waals surface area contributed by atoms with Crippen LogP contribution < -0.4 is 10.6 Å². The van der Waals surface area contributed by atoms with Gasteiger partial charge in [-0.3, -0.25) is 0 Å². The molecular formula is C17H16FN3S. The maximum Gasteiger partial charge on any atom is 0.170 e. The molecule has 3 nitrogen and oxygen atoms in total. The van der Waals surface area contributed by atoms with Crippen molar-refractivity contribution in [2.75, 3.05) is 11.9 Å². The summed E-state index contributed by atoms with van der Waals surface area (Å²) >= 11 is 5.22. The smallest absolute Gasteiger partial charge is 0.170 e. The Morgan fingerprint density at radius 3 is 2.86 bits per heavy atom. The van der Waals surface area contributed by atoms with Crippen LogP contribution in [0.15, 0.2) is 54.7 Å². The second-order valence-corrected chi connectivity index (χ2v) is 5.41. The molecule has 3 aromatic rings. The van der Waals surface area contributed by atoms with Crippen molar-refractivity contribution in [2.45, 2.75) is 6.42 Å². The molecule has 1 aromatic heterocycles. The zero-order chi connectivity index (χ0) is 15.4. The van der Waals surface area contributed by atoms with Gasteiger partial charge in [0.2, 0.25) is 0 Å². The predicted octanol–water partition coefficient (Wildman–Crippen LogP) is 3.84. The summed E-state index contributed by atoms with van der Waals surface area (Å²) in [4.78, 5) is 3.25. The van der Waals surface area contributed by atoms with Crippen LogP contribution in [0.1, 0.15) is 5.56 Å². The van der Waals surface area contributed by atoms with E-state index in [0.717, 1.165) is 11.9 Å². The Bertz CT molecular complexity index is 797. The Hall–Kier alpha value is -2.40. The number of H-pyrrole nitrogens is 1. The molecule has 0 bridgehead atoms. The van der Waals surface area contributed by atoms with Crippen molar-refractivity contribution in [3.8, 4) is 0 Å². The fourth-order valence-corrected chi connectivity index (χ4v) is 2.61. The molecule has 0 aliphatic carbocycles. The van der Waals surface area contributed by atoms with Gasteiger partial charge >= 0.3 is 0 Å². The summed E-state index contributed by atoms with van der Waals surface area (Å²) in [5.41, 5.74) is 3.03. The molecule has 22 heavy (non-hydrogen) atoms. The minimum atomic E-state index is -0.286. The highest BCUT2D eigenvalue weighted by Gasteiger charge is 2.03. The molecule has 1 heterocycles. The van der Waals surface area contributed by atoms with Crippen LogP contribution in [0, 0.1) is 5.82 Å². The average Bonchev–Trinajstić information content (AvgIpc) is 2.91. The molecule has 0 fully saturated rings. The molecule has 0 unspecified atom stereocenters. The second kappa shape index (κ2) is 6.58. The van der Waals surface area contributed by atoms with Gasteiger partial charge < -0.3 is 15.6 Å². The van der Waals surface area contributed by atoms with Crippen LogP contribution in [-0.2, 0) is 6.42 Å². The number of aromatic amines is 1. The van der Waals surface area contributed by atoms with E-state index in [1.165, 1.54) is 23.1 Å². The van der Waals surface area contributed by atoms with Gasteiger partial charge in [0.1, 0.15) is 5.82 Å². The van der Waals surface area contributed by atoms with Crippen LogP contribution in [-0.4, -0.2) is 16.6 Å². The lowest BCUT2D eigenvalue weighted by molar-refractivity contribution is 0.628. The van der Waals surface area contributed by atoms with E-state index in [9.17, 15) is 4.39 Å². The monoisotopic (exact) mass is 313 g/mol. The second-order valence-electron chi connectivity index (χ2n) is 5.00. The topological polar surface area (TPSA) is 39.8 Å². The lowest BCUT2D eigenvalue weighted by atomic mass is 10.1. The number of aromatic nitrogens is 1. The standard InChI is InChI=1S/C17H16FN3S/c18-13-4-3-5-14(10-13)21-17(22)19-9-8-12-11-20-16-7-2-1-6-15(12)16/h1-7,10-11,20H,8-9H2,(H2,19,21,22). The third kappa shape index (κ3) is 3.43. The molecule has 2 aromatic carbocycles. The van der Waals surface area contributed by atoms with Gasteiger partial charge in [0.15, 0.2) is 5.11 Å². The predicted molar refractivity (Wildman–Crippen MR) is 92.6 cm³/mol. The van der Waals surface area contributed by atoms with E-state index in [4.69, 9.17) is 12.2 Å². The zero-order valence-electron chi connectivity index (χ0n) is 11.9. The molecule has 0 spiro atoms. The van der Waals surface area contributed by atoms with E-state index in [0.29, 0.717) is 17.3 Å². The number of rotatable bonds is 4. The zero-order valence-corrected chi connectivity index (χ0v) is 12.7. The van der Waals surface area contributed by atoms with Gasteiger partial charge in [-0.1, -0.05) is 24.3 Å². The number of hydrogen-bond donors (Lipinski definition) is 3. The molecule has 0 radical (unpaired) electrons. The molecule has 112 valence electrons. The maximum absolute atomic E-state index is 13.1. The Morgan fingerprint density at radius 1 is 1.14 bits per heavy atom. The van der Waals surface area contributed by atoms with Gasteiger partial charge in [-0.15, -0.1) is 0 Å². The number of benzene rings is 2. The fraction of sp³-hybridized carbons (Fsp3) is 0.118. The Labute approximate surface area is 133 Å². The summed E-state index contributed by atoms with van der Waals surface area (Å²) in [6.45, 7) is 0.711. The SMILES string of the molecule is Fc1cccc(NC(=S)NCCc2c[nH]c3ccccc23)c1. The van der Waals surface area contributed by atoms with E-state index >= 15 is 0 Å². The number of hydrogen-bond acceptors (Lipinski definition) is 1. The number of nitrogens with one attached hydrogen (secondary N) is 3. The minimum Gasteiger partial charge on any atom is -0.362 e. The average molecular weight is 313 g/mol. The van der Waals surface area contributed by atoms with Crippen molar-refractivity contribution in [2.24, 2.45) is 0 Å². The van der Waals surface area contributed by atoms with E-state index in [1.807, 2.05) is 18.3 Å². The maximum atomic E-state index is 13.1. The summed E-state index contributed by atoms with van der Waals surface area (Å²) < 4.78 is 13.1. The third-order valence-corrected chi connectivity index (χ3v) is 3.68. The van der Waals surface area contributed by atoms with Crippen LogP contribution in [0.2, 0.25) is 0 Å². The highest BCUT2D eigenvalue weighted by molar-refractivity contribution is 7.80. The van der Waals surface area contributed by atoms with E-state index in [1.54, 1.807) is 12.1 Å². The van der Waals surface area contributed by atoms with Gasteiger partial charge in [0.05, 0.1) is 0 Å². The Balaban J connectivity index is 1.53. The molecule has 0 aliphatic heterocycles. The lowest BCUT2D eigenvalue weighted by Gasteiger charge is -2.10. The first-order valence-corrected chi connectivity index (χ1v) is 7.48. The number of halogens is 1. The lowest BCUT2D eigenvalue weighted by Crippen LogP contribution is -2.30. The van der Waals surface area contributed by atoms with E-state index in [2.05, 4.69) is 27.8 Å². The van der Waals surface area contributed by atoms with Gasteiger partial charge in [-0.05, 0) is 48.5 Å². The summed E-state index contributed by atoms with van der Waals surface area (Å²) in [6.07, 6.45) is 2.88. The first-order valence-electron chi connectivity index (χ1n) is 7.08. The molecule has 0 aliphatic rings. The Kier molecular flexibility index (Phi) is 4.34. The van der Waals surface area contributed by atoms with Gasteiger partial charge in [0, 0.05) is 29.3 Å². The number of para-hydroxylation sites is 1. The van der Waals surface area contributed by atoms with Crippen molar-refractivity contribution in [3.05, 3.63) is 66.1 Å². The summed E-state index contributed by atoms with van der Waals surface area (Å²) in [5.74, 6) is -0.286. The van der Waals surface area contributed by atoms with Crippen LogP contribution in [0.3, 0.4) is 0 Å². The third-order valence-electron chi connectivity index (χ3n) is 3.44. The molecule has 0 atom stereocenters. The van der Waals surface area contributed by atoms with Crippen LogP contribution in [0.4, 0.5) is 10.1 Å². The highest BCUT2D eigenvalue weighted by Crippen LogP contribution is 2.17. The first-order chi connectivity index (χ1) is 10.7. The molecule has 5 heteroatoms. The number of thiocarbonyl (C=S) groups is 1. The van der Waals surface area contributed by atoms with Crippen LogP contribution in [0.5, 0.6) is 0 Å². The van der Waals surface area contributed by atoms with Gasteiger partial charge in [-0.25, -0.2) is 4.39 Å². The molecule has 3 N–H and O–H groups in total. The summed E-state index contributed by atoms with van der Waals surface area (Å²) in [7, 11) is 0. The number of fused-ring (bicyclic) bond motifs is 1. The fourth-order valence-electron chi connectivity index (χ4n) is 2.39. The van der Waals surface area contributed by atoms with Crippen molar-refractivity contribution in [3.63, 3.8) is 0 Å². The quantitative estimate of drug-likeness (QED) is 0.641. The van der Waals surface area contributed by atoms with Crippen LogP contribution >= 0.6 is 12.2 Å². The highest BCUT2D eigenvalue weighted by atomic mass is 32.1. The summed E-state index contributed by atoms with van der Waals surface area (Å²) in [6, 6.07) is 14.4. The Morgan fingerprint density at radius 2 is 2.00 bits per heavy atom. The normalized spacial score (nSPS) is 10.6. The molecule has 0 amide bonds. The van der Waals surface area contributed by atoms with Crippen molar-refractivity contribution in [1.82, 2.24) is 10.3 Å². The van der Waals surface area contributed by atoms with E-state index < -0.39 is 0 Å². The van der Waals surface area contributed by atoms with Crippen molar-refractivity contribution >= 4 is 33.9 Å². The van der Waals surface area contributed by atoms with Gasteiger partial charge in [0.25, 0.3) is 0 Å². The molecular weight excluding hydrogens is 297 g/mol. The van der Waals surface area contributed by atoms with Crippen molar-refractivity contribution < 1.29 is 4.39 Å². The largest absolute Gasteiger partial charge is 0.362 e. The van der Waals surface area contributed by atoms with Crippen molar-refractivity contribution in [1.29, 1.82) is 0 Å². The van der Waals surface area contributed by atoms with E-state index in [-0.39, 0.29) is 5.82 Å². The minimum absolute atomic E-state index is 0.286. The first kappa shape index (κ1) is 14.5. The van der Waals surface area contributed by atoms with Gasteiger partial charge in [-0.2, -0.15) is 0 Å². The van der Waals surface area contributed by atoms with Crippen LogP contribution in [0.25, 0.3) is 10.9 Å². The number of anilines is 1. The molecule has 0 saturated carbocycles. The molecule has 0 saturated heterocycles. The molecule has 3 rings (SSSR count).